The fourth-order valence-corrected chi connectivity index (χ4v) is 2.45. The number of rotatable bonds is 7. The Morgan fingerprint density at radius 1 is 1.29 bits per heavy atom. The van der Waals surface area contributed by atoms with Gasteiger partial charge in [0.2, 0.25) is 0 Å². The van der Waals surface area contributed by atoms with Crippen LogP contribution in [0.3, 0.4) is 0 Å². The lowest BCUT2D eigenvalue weighted by Crippen LogP contribution is -2.25. The summed E-state index contributed by atoms with van der Waals surface area (Å²) < 4.78 is 12.8. The highest BCUT2D eigenvalue weighted by Crippen LogP contribution is 2.17. The van der Waals surface area contributed by atoms with E-state index in [1.165, 1.54) is 0 Å². The smallest absolute Gasteiger partial charge is 0.287 e. The van der Waals surface area contributed by atoms with Gasteiger partial charge in [0, 0.05) is 18.9 Å². The fourth-order valence-electron chi connectivity index (χ4n) is 2.45. The van der Waals surface area contributed by atoms with Crippen LogP contribution in [0.25, 0.3) is 0 Å². The lowest BCUT2D eigenvalue weighted by Gasteiger charge is -2.08. The summed E-state index contributed by atoms with van der Waals surface area (Å²) in [6.07, 6.45) is 5.94. The second kappa shape index (κ2) is 7.50. The first-order chi connectivity index (χ1) is 11.8. The third-order valence-corrected chi connectivity index (χ3v) is 3.66. The monoisotopic (exact) mass is 325 g/mol. The van der Waals surface area contributed by atoms with E-state index in [1.807, 2.05) is 35.0 Å². The Kier molecular flexibility index (Phi) is 4.96. The Labute approximate surface area is 140 Å². The van der Waals surface area contributed by atoms with Crippen LogP contribution in [0.1, 0.15) is 21.9 Å². The molecular formula is C18H19N3O3. The molecular weight excluding hydrogens is 306 g/mol. The van der Waals surface area contributed by atoms with Crippen LogP contribution in [0.5, 0.6) is 5.75 Å². The van der Waals surface area contributed by atoms with E-state index in [4.69, 9.17) is 9.15 Å². The van der Waals surface area contributed by atoms with E-state index < -0.39 is 0 Å². The molecule has 24 heavy (non-hydrogen) atoms. The number of methoxy groups -OCH3 is 1. The molecule has 6 heteroatoms. The fraction of sp³-hybridized carbons (Fsp3) is 0.222. The van der Waals surface area contributed by atoms with Crippen LogP contribution in [0.2, 0.25) is 0 Å². The molecule has 2 heterocycles. The molecule has 0 unspecified atom stereocenters. The average Bonchev–Trinajstić information content (AvgIpc) is 3.27. The molecule has 0 aliphatic rings. The van der Waals surface area contributed by atoms with Gasteiger partial charge in [-0.1, -0.05) is 18.2 Å². The van der Waals surface area contributed by atoms with Gasteiger partial charge >= 0.3 is 0 Å². The minimum Gasteiger partial charge on any atom is -0.496 e. The number of hydrogen-bond donors (Lipinski definition) is 1. The molecule has 1 aromatic carbocycles. The molecule has 0 fully saturated rings. The number of aromatic nitrogens is 2. The second-order valence-corrected chi connectivity index (χ2v) is 5.32. The molecule has 6 nitrogen and oxygen atoms in total. The SMILES string of the molecule is COc1ccccc1CCNC(=O)c1ccc(Cn2ccnc2)o1. The maximum Gasteiger partial charge on any atom is 0.287 e. The van der Waals surface area contributed by atoms with Crippen molar-refractivity contribution in [2.24, 2.45) is 0 Å². The Morgan fingerprint density at radius 2 is 2.17 bits per heavy atom. The molecule has 3 rings (SSSR count). The van der Waals surface area contributed by atoms with Crippen LogP contribution in [-0.4, -0.2) is 29.1 Å². The number of imidazole rings is 1. The quantitative estimate of drug-likeness (QED) is 0.725. The van der Waals surface area contributed by atoms with Gasteiger partial charge in [0.15, 0.2) is 5.76 Å². The van der Waals surface area contributed by atoms with Crippen molar-refractivity contribution in [1.82, 2.24) is 14.9 Å². The summed E-state index contributed by atoms with van der Waals surface area (Å²) in [5.74, 6) is 1.63. The number of hydrogen-bond acceptors (Lipinski definition) is 4. The Hall–Kier alpha value is -3.02. The molecule has 3 aromatic rings. The molecule has 1 amide bonds. The summed E-state index contributed by atoms with van der Waals surface area (Å²) in [5.41, 5.74) is 1.06. The first-order valence-electron chi connectivity index (χ1n) is 7.71. The van der Waals surface area contributed by atoms with Crippen LogP contribution < -0.4 is 10.1 Å². The zero-order valence-electron chi connectivity index (χ0n) is 13.4. The number of benzene rings is 1. The van der Waals surface area contributed by atoms with Crippen molar-refractivity contribution in [3.05, 3.63) is 72.2 Å². The van der Waals surface area contributed by atoms with E-state index in [-0.39, 0.29) is 5.91 Å². The second-order valence-electron chi connectivity index (χ2n) is 5.32. The molecule has 0 bridgehead atoms. The summed E-state index contributed by atoms with van der Waals surface area (Å²) >= 11 is 0. The number of nitrogens with one attached hydrogen (secondary N) is 1. The highest BCUT2D eigenvalue weighted by molar-refractivity contribution is 5.91. The van der Waals surface area contributed by atoms with E-state index in [2.05, 4.69) is 10.3 Å². The van der Waals surface area contributed by atoms with Crippen molar-refractivity contribution >= 4 is 5.91 Å². The van der Waals surface area contributed by atoms with Crippen LogP contribution >= 0.6 is 0 Å². The summed E-state index contributed by atoms with van der Waals surface area (Å²) in [5, 5.41) is 2.86. The topological polar surface area (TPSA) is 69.3 Å². The van der Waals surface area contributed by atoms with Crippen LogP contribution in [0, 0.1) is 0 Å². The van der Waals surface area contributed by atoms with Crippen molar-refractivity contribution < 1.29 is 13.9 Å². The van der Waals surface area contributed by atoms with Gasteiger partial charge in [-0.2, -0.15) is 0 Å². The maximum atomic E-state index is 12.1. The summed E-state index contributed by atoms with van der Waals surface area (Å²) in [6, 6.07) is 11.3. The normalized spacial score (nSPS) is 10.5. The number of para-hydroxylation sites is 1. The summed E-state index contributed by atoms with van der Waals surface area (Å²) in [6.45, 7) is 1.06. The average molecular weight is 325 g/mol. The third kappa shape index (κ3) is 3.84. The number of carbonyl (C=O) groups is 1. The highest BCUT2D eigenvalue weighted by atomic mass is 16.5. The molecule has 0 spiro atoms. The van der Waals surface area contributed by atoms with Crippen LogP contribution in [0.4, 0.5) is 0 Å². The maximum absolute atomic E-state index is 12.1. The molecule has 0 saturated heterocycles. The van der Waals surface area contributed by atoms with E-state index in [9.17, 15) is 4.79 Å². The summed E-state index contributed by atoms with van der Waals surface area (Å²) in [4.78, 5) is 16.1. The van der Waals surface area contributed by atoms with Gasteiger partial charge in [0.25, 0.3) is 5.91 Å². The minimum absolute atomic E-state index is 0.221. The van der Waals surface area contributed by atoms with E-state index in [0.717, 1.165) is 11.3 Å². The lowest BCUT2D eigenvalue weighted by molar-refractivity contribution is 0.0924. The largest absolute Gasteiger partial charge is 0.496 e. The Morgan fingerprint density at radius 3 is 2.96 bits per heavy atom. The Balaban J connectivity index is 1.53. The molecule has 2 aromatic heterocycles. The molecule has 0 saturated carbocycles. The number of nitrogens with zero attached hydrogens (tertiary/aromatic N) is 2. The summed E-state index contributed by atoms with van der Waals surface area (Å²) in [7, 11) is 1.64. The zero-order chi connectivity index (χ0) is 16.8. The lowest BCUT2D eigenvalue weighted by atomic mass is 10.1. The van der Waals surface area contributed by atoms with Gasteiger partial charge < -0.3 is 19.0 Å². The van der Waals surface area contributed by atoms with Gasteiger partial charge in [-0.05, 0) is 30.2 Å². The van der Waals surface area contributed by atoms with Crippen molar-refractivity contribution in [2.75, 3.05) is 13.7 Å². The standard InChI is InChI=1S/C18H19N3O3/c1-23-16-5-3-2-4-14(16)8-9-20-18(22)17-7-6-15(24-17)12-21-11-10-19-13-21/h2-7,10-11,13H,8-9,12H2,1H3,(H,20,22). The minimum atomic E-state index is -0.221. The van der Waals surface area contributed by atoms with Crippen molar-refractivity contribution in [1.29, 1.82) is 0 Å². The number of ether oxygens (including phenoxy) is 1. The van der Waals surface area contributed by atoms with Gasteiger partial charge in [-0.3, -0.25) is 4.79 Å². The zero-order valence-corrected chi connectivity index (χ0v) is 13.4. The molecule has 0 atom stereocenters. The molecule has 1 N–H and O–H groups in total. The van der Waals surface area contributed by atoms with Crippen molar-refractivity contribution in [3.63, 3.8) is 0 Å². The van der Waals surface area contributed by atoms with E-state index >= 15 is 0 Å². The predicted octanol–water partition coefficient (Wildman–Crippen LogP) is 2.51. The van der Waals surface area contributed by atoms with Crippen LogP contribution in [0.15, 0.2) is 59.5 Å². The molecule has 0 radical (unpaired) electrons. The number of amides is 1. The Bertz CT molecular complexity index is 793. The number of carbonyl (C=O) groups excluding carboxylic acids is 1. The van der Waals surface area contributed by atoms with Crippen molar-refractivity contribution in [3.8, 4) is 5.75 Å². The third-order valence-electron chi connectivity index (χ3n) is 3.66. The van der Waals surface area contributed by atoms with E-state index in [1.54, 1.807) is 31.8 Å². The van der Waals surface area contributed by atoms with Gasteiger partial charge in [0.1, 0.15) is 11.5 Å². The van der Waals surface area contributed by atoms with Gasteiger partial charge in [-0.15, -0.1) is 0 Å². The molecule has 0 aliphatic carbocycles. The highest BCUT2D eigenvalue weighted by Gasteiger charge is 2.11. The van der Waals surface area contributed by atoms with E-state index in [0.29, 0.717) is 31.0 Å². The molecule has 0 aliphatic heterocycles. The van der Waals surface area contributed by atoms with Crippen molar-refractivity contribution in [2.45, 2.75) is 13.0 Å². The van der Waals surface area contributed by atoms with Crippen LogP contribution in [-0.2, 0) is 13.0 Å². The molecule has 124 valence electrons. The first-order valence-corrected chi connectivity index (χ1v) is 7.71. The number of furan rings is 1. The predicted molar refractivity (Wildman–Crippen MR) is 89.1 cm³/mol. The van der Waals surface area contributed by atoms with Gasteiger partial charge in [-0.25, -0.2) is 4.98 Å². The van der Waals surface area contributed by atoms with Gasteiger partial charge in [0.05, 0.1) is 20.0 Å². The first kappa shape index (κ1) is 15.9.